The summed E-state index contributed by atoms with van der Waals surface area (Å²) in [7, 11) is 0. The van der Waals surface area contributed by atoms with Crippen molar-refractivity contribution in [2.24, 2.45) is 0 Å². The zero-order valence-electron chi connectivity index (χ0n) is 11.0. The lowest BCUT2D eigenvalue weighted by atomic mass is 10.1. The number of nitrogens with zero attached hydrogens (tertiary/aromatic N) is 2. The highest BCUT2D eigenvalue weighted by Gasteiger charge is 2.23. The fourth-order valence-electron chi connectivity index (χ4n) is 2.65. The minimum Gasteiger partial charge on any atom is -0.368 e. The molecule has 0 N–H and O–H groups in total. The quantitative estimate of drug-likeness (QED) is 0.779. The predicted octanol–water partition coefficient (Wildman–Crippen LogP) is 3.72. The van der Waals surface area contributed by atoms with Gasteiger partial charge in [-0.1, -0.05) is 22.9 Å². The zero-order chi connectivity index (χ0) is 13.1. The molecule has 1 aliphatic rings. The number of hydrogen-bond acceptors (Lipinski definition) is 2. The average molecular weight is 332 g/mol. The molecule has 0 aromatic heterocycles. The Morgan fingerprint density at radius 2 is 2.17 bits per heavy atom. The molecule has 4 heteroatoms. The summed E-state index contributed by atoms with van der Waals surface area (Å²) in [5.41, 5.74) is 2.50. The Labute approximate surface area is 123 Å². The molecule has 18 heavy (non-hydrogen) atoms. The van der Waals surface area contributed by atoms with Crippen LogP contribution < -0.4 is 4.90 Å². The molecule has 1 heterocycles. The summed E-state index contributed by atoms with van der Waals surface area (Å²) in [6, 6.07) is 7.01. The van der Waals surface area contributed by atoms with E-state index in [0.29, 0.717) is 11.9 Å². The third-order valence-corrected chi connectivity index (χ3v) is 4.48. The lowest BCUT2D eigenvalue weighted by Crippen LogP contribution is -2.51. The van der Waals surface area contributed by atoms with Gasteiger partial charge in [-0.25, -0.2) is 0 Å². The second kappa shape index (κ2) is 6.27. The molecule has 2 rings (SSSR count). The summed E-state index contributed by atoms with van der Waals surface area (Å²) in [5, 5.41) is 0. The lowest BCUT2D eigenvalue weighted by molar-refractivity contribution is 0.199. The average Bonchev–Trinajstić information content (AvgIpc) is 2.38. The van der Waals surface area contributed by atoms with Crippen molar-refractivity contribution in [1.82, 2.24) is 4.90 Å². The topological polar surface area (TPSA) is 6.48 Å². The number of benzene rings is 1. The normalized spacial score (nSPS) is 21.3. The molecule has 1 aromatic carbocycles. The highest BCUT2D eigenvalue weighted by atomic mass is 79.9. The molecule has 0 radical (unpaired) electrons. The van der Waals surface area contributed by atoms with Crippen molar-refractivity contribution in [2.75, 3.05) is 31.1 Å². The van der Waals surface area contributed by atoms with Gasteiger partial charge in [0, 0.05) is 41.7 Å². The van der Waals surface area contributed by atoms with Crippen molar-refractivity contribution in [3.8, 4) is 0 Å². The van der Waals surface area contributed by atoms with Gasteiger partial charge in [-0.3, -0.25) is 4.90 Å². The van der Waals surface area contributed by atoms with Crippen molar-refractivity contribution < 1.29 is 0 Å². The minimum absolute atomic E-state index is 0.567. The summed E-state index contributed by atoms with van der Waals surface area (Å²) < 4.78 is 1.10. The van der Waals surface area contributed by atoms with E-state index in [9.17, 15) is 0 Å². The molecule has 1 aromatic rings. The molecule has 2 nitrogen and oxygen atoms in total. The Kier molecular flexibility index (Phi) is 4.93. The van der Waals surface area contributed by atoms with Gasteiger partial charge in [0.05, 0.1) is 0 Å². The van der Waals surface area contributed by atoms with E-state index < -0.39 is 0 Å². The number of halogens is 2. The van der Waals surface area contributed by atoms with Crippen molar-refractivity contribution in [2.45, 2.75) is 25.8 Å². The second-order valence-electron chi connectivity index (χ2n) is 4.83. The fraction of sp³-hybridized carbons (Fsp3) is 0.571. The van der Waals surface area contributed by atoms with Gasteiger partial charge in [0.2, 0.25) is 0 Å². The van der Waals surface area contributed by atoms with E-state index in [1.54, 1.807) is 0 Å². The summed E-state index contributed by atoms with van der Waals surface area (Å²) in [6.07, 6.45) is 0. The summed E-state index contributed by atoms with van der Waals surface area (Å²) in [4.78, 5) is 4.98. The zero-order valence-corrected chi connectivity index (χ0v) is 13.3. The van der Waals surface area contributed by atoms with Gasteiger partial charge in [-0.05, 0) is 37.2 Å². The van der Waals surface area contributed by atoms with E-state index in [2.05, 4.69) is 57.8 Å². The Hall–Kier alpha value is -0.250. The Balaban J connectivity index is 2.17. The summed E-state index contributed by atoms with van der Waals surface area (Å²) in [5.74, 6) is 0.567. The standard InChI is InChI=1S/C14H20BrClN2/c1-3-17-6-7-18(10-11(17)2)14-5-4-13(15)8-12(14)9-16/h4-5,8,11H,3,6-7,9-10H2,1-2H3. The minimum atomic E-state index is 0.567. The van der Waals surface area contributed by atoms with Gasteiger partial charge in [-0.15, -0.1) is 11.6 Å². The molecule has 1 fully saturated rings. The molecule has 100 valence electrons. The van der Waals surface area contributed by atoms with Crippen molar-refractivity contribution in [3.05, 3.63) is 28.2 Å². The van der Waals surface area contributed by atoms with Crippen LogP contribution in [0.4, 0.5) is 5.69 Å². The van der Waals surface area contributed by atoms with E-state index in [1.165, 1.54) is 11.3 Å². The number of likely N-dealkylation sites (N-methyl/N-ethyl adjacent to an activating group) is 1. The van der Waals surface area contributed by atoms with E-state index in [-0.39, 0.29) is 0 Å². The maximum Gasteiger partial charge on any atom is 0.0494 e. The summed E-state index contributed by atoms with van der Waals surface area (Å²) in [6.45, 7) is 8.97. The molecular formula is C14H20BrClN2. The number of hydrogen-bond donors (Lipinski definition) is 0. The maximum atomic E-state index is 6.06. The largest absolute Gasteiger partial charge is 0.368 e. The molecule has 1 unspecified atom stereocenters. The first-order valence-corrected chi connectivity index (χ1v) is 7.81. The number of anilines is 1. The molecular weight excluding hydrogens is 312 g/mol. The van der Waals surface area contributed by atoms with Crippen molar-refractivity contribution in [1.29, 1.82) is 0 Å². The van der Waals surface area contributed by atoms with Gasteiger partial charge in [0.25, 0.3) is 0 Å². The van der Waals surface area contributed by atoms with Crippen LogP contribution >= 0.6 is 27.5 Å². The van der Waals surface area contributed by atoms with Crippen LogP contribution in [0.5, 0.6) is 0 Å². The van der Waals surface area contributed by atoms with Crippen LogP contribution in [0, 0.1) is 0 Å². The molecule has 0 spiro atoms. The van der Waals surface area contributed by atoms with Gasteiger partial charge < -0.3 is 4.90 Å². The molecule has 1 saturated heterocycles. The highest BCUT2D eigenvalue weighted by molar-refractivity contribution is 9.10. The van der Waals surface area contributed by atoms with Crippen LogP contribution in [0.1, 0.15) is 19.4 Å². The van der Waals surface area contributed by atoms with Gasteiger partial charge in [0.1, 0.15) is 0 Å². The molecule has 1 aliphatic heterocycles. The first-order valence-electron chi connectivity index (χ1n) is 6.49. The van der Waals surface area contributed by atoms with Crippen LogP contribution in [0.2, 0.25) is 0 Å². The first kappa shape index (κ1) is 14.2. The first-order chi connectivity index (χ1) is 8.65. The van der Waals surface area contributed by atoms with Gasteiger partial charge >= 0.3 is 0 Å². The Bertz CT molecular complexity index is 411. The van der Waals surface area contributed by atoms with Crippen molar-refractivity contribution in [3.63, 3.8) is 0 Å². The van der Waals surface area contributed by atoms with Crippen LogP contribution in [0.15, 0.2) is 22.7 Å². The molecule has 0 aliphatic carbocycles. The number of alkyl halides is 1. The van der Waals surface area contributed by atoms with Crippen LogP contribution in [0.3, 0.4) is 0 Å². The van der Waals surface area contributed by atoms with E-state index in [0.717, 1.165) is 30.7 Å². The summed E-state index contributed by atoms with van der Waals surface area (Å²) >= 11 is 9.57. The molecule has 0 bridgehead atoms. The molecule has 0 amide bonds. The second-order valence-corrected chi connectivity index (χ2v) is 6.01. The third-order valence-electron chi connectivity index (χ3n) is 3.70. The van der Waals surface area contributed by atoms with E-state index in [1.807, 2.05) is 0 Å². The SMILES string of the molecule is CCN1CCN(c2ccc(Br)cc2CCl)CC1C. The number of piperazine rings is 1. The Morgan fingerprint density at radius 1 is 1.39 bits per heavy atom. The highest BCUT2D eigenvalue weighted by Crippen LogP contribution is 2.27. The van der Waals surface area contributed by atoms with E-state index >= 15 is 0 Å². The van der Waals surface area contributed by atoms with Crippen LogP contribution in [0.25, 0.3) is 0 Å². The smallest absolute Gasteiger partial charge is 0.0494 e. The van der Waals surface area contributed by atoms with Gasteiger partial charge in [-0.2, -0.15) is 0 Å². The monoisotopic (exact) mass is 330 g/mol. The predicted molar refractivity (Wildman–Crippen MR) is 82.6 cm³/mol. The Morgan fingerprint density at radius 3 is 2.78 bits per heavy atom. The van der Waals surface area contributed by atoms with E-state index in [4.69, 9.17) is 11.6 Å². The lowest BCUT2D eigenvalue weighted by Gasteiger charge is -2.41. The molecule has 1 atom stereocenters. The molecule has 0 saturated carbocycles. The van der Waals surface area contributed by atoms with Crippen LogP contribution in [-0.2, 0) is 5.88 Å². The number of rotatable bonds is 3. The maximum absolute atomic E-state index is 6.06. The van der Waals surface area contributed by atoms with Crippen molar-refractivity contribution >= 4 is 33.2 Å². The third kappa shape index (κ3) is 3.01. The fourth-order valence-corrected chi connectivity index (χ4v) is 3.28. The van der Waals surface area contributed by atoms with Gasteiger partial charge in [0.15, 0.2) is 0 Å². The van der Waals surface area contributed by atoms with Crippen LogP contribution in [-0.4, -0.2) is 37.1 Å².